The summed E-state index contributed by atoms with van der Waals surface area (Å²) in [5.41, 5.74) is 5.92. The number of rotatable bonds is 3. The van der Waals surface area contributed by atoms with Crippen molar-refractivity contribution in [1.82, 2.24) is 4.90 Å². The third-order valence-electron chi connectivity index (χ3n) is 5.89. The standard InChI is InChI=1S/C16H28N2O/c1-18(10-14-9-11-2-3-13(14)8-11)16(19)12-4-6-15(17)7-5-12/h11-15H,2-10,17H2,1H3. The monoisotopic (exact) mass is 264 g/mol. The van der Waals surface area contributed by atoms with Gasteiger partial charge in [0.15, 0.2) is 0 Å². The van der Waals surface area contributed by atoms with E-state index in [2.05, 4.69) is 0 Å². The van der Waals surface area contributed by atoms with Crippen LogP contribution in [0.5, 0.6) is 0 Å². The van der Waals surface area contributed by atoms with Gasteiger partial charge in [-0.25, -0.2) is 0 Å². The number of hydrogen-bond donors (Lipinski definition) is 1. The van der Waals surface area contributed by atoms with Crippen LogP contribution in [0.25, 0.3) is 0 Å². The van der Waals surface area contributed by atoms with E-state index in [-0.39, 0.29) is 5.92 Å². The first-order valence-electron chi connectivity index (χ1n) is 8.14. The number of carbonyl (C=O) groups excluding carboxylic acids is 1. The SMILES string of the molecule is CN(CC1CC2CCC1C2)C(=O)C1CCC(N)CC1. The van der Waals surface area contributed by atoms with Crippen LogP contribution >= 0.6 is 0 Å². The molecule has 3 atom stereocenters. The van der Waals surface area contributed by atoms with Crippen molar-refractivity contribution < 1.29 is 4.79 Å². The second-order valence-corrected chi connectivity index (χ2v) is 7.27. The Morgan fingerprint density at radius 1 is 1.11 bits per heavy atom. The predicted octanol–water partition coefficient (Wildman–Crippen LogP) is 2.40. The molecular weight excluding hydrogens is 236 g/mol. The normalized spacial score (nSPS) is 41.5. The van der Waals surface area contributed by atoms with Gasteiger partial charge in [-0.15, -0.1) is 0 Å². The molecule has 0 saturated heterocycles. The molecule has 3 unspecified atom stereocenters. The molecular formula is C16H28N2O. The molecule has 0 aromatic rings. The van der Waals surface area contributed by atoms with Gasteiger partial charge in [-0.1, -0.05) is 6.42 Å². The van der Waals surface area contributed by atoms with E-state index in [1.54, 1.807) is 0 Å². The fourth-order valence-corrected chi connectivity index (χ4v) is 4.72. The minimum Gasteiger partial charge on any atom is -0.345 e. The molecule has 0 spiro atoms. The molecule has 3 saturated carbocycles. The Morgan fingerprint density at radius 3 is 2.42 bits per heavy atom. The second kappa shape index (κ2) is 5.43. The van der Waals surface area contributed by atoms with Gasteiger partial charge in [-0.3, -0.25) is 4.79 Å². The van der Waals surface area contributed by atoms with Crippen LogP contribution < -0.4 is 5.73 Å². The number of amides is 1. The maximum atomic E-state index is 12.5. The molecule has 3 aliphatic rings. The molecule has 3 heteroatoms. The maximum absolute atomic E-state index is 12.5. The zero-order chi connectivity index (χ0) is 13.4. The summed E-state index contributed by atoms with van der Waals surface area (Å²) in [7, 11) is 2.02. The summed E-state index contributed by atoms with van der Waals surface area (Å²) in [6.07, 6.45) is 9.72. The van der Waals surface area contributed by atoms with Gasteiger partial charge in [-0.2, -0.15) is 0 Å². The molecule has 19 heavy (non-hydrogen) atoms. The summed E-state index contributed by atoms with van der Waals surface area (Å²) in [6, 6.07) is 0.333. The highest BCUT2D eigenvalue weighted by molar-refractivity contribution is 5.78. The van der Waals surface area contributed by atoms with E-state index in [4.69, 9.17) is 5.73 Å². The fourth-order valence-electron chi connectivity index (χ4n) is 4.72. The summed E-state index contributed by atoms with van der Waals surface area (Å²) in [5, 5.41) is 0. The summed E-state index contributed by atoms with van der Waals surface area (Å²) in [5.74, 6) is 3.32. The zero-order valence-electron chi connectivity index (χ0n) is 12.2. The number of nitrogens with zero attached hydrogens (tertiary/aromatic N) is 1. The molecule has 1 amide bonds. The van der Waals surface area contributed by atoms with E-state index in [0.717, 1.165) is 50.0 Å². The predicted molar refractivity (Wildman–Crippen MR) is 76.5 cm³/mol. The highest BCUT2D eigenvalue weighted by atomic mass is 16.2. The third-order valence-corrected chi connectivity index (χ3v) is 5.89. The molecule has 108 valence electrons. The van der Waals surface area contributed by atoms with Gasteiger partial charge in [0.05, 0.1) is 0 Å². The first kappa shape index (κ1) is 13.4. The number of hydrogen-bond acceptors (Lipinski definition) is 2. The first-order valence-corrected chi connectivity index (χ1v) is 8.14. The van der Waals surface area contributed by atoms with E-state index >= 15 is 0 Å². The van der Waals surface area contributed by atoms with Crippen molar-refractivity contribution in [2.24, 2.45) is 29.4 Å². The van der Waals surface area contributed by atoms with E-state index in [1.165, 1.54) is 25.7 Å². The Kier molecular flexibility index (Phi) is 3.84. The Bertz CT molecular complexity index is 336. The van der Waals surface area contributed by atoms with E-state index < -0.39 is 0 Å². The summed E-state index contributed by atoms with van der Waals surface area (Å²) >= 11 is 0. The molecule has 3 nitrogen and oxygen atoms in total. The van der Waals surface area contributed by atoms with Gasteiger partial charge in [0.25, 0.3) is 0 Å². The molecule has 2 N–H and O–H groups in total. The summed E-state index contributed by atoms with van der Waals surface area (Å²) < 4.78 is 0. The van der Waals surface area contributed by atoms with Crippen molar-refractivity contribution in [2.45, 2.75) is 57.4 Å². The topological polar surface area (TPSA) is 46.3 Å². The van der Waals surface area contributed by atoms with Gasteiger partial charge in [0.2, 0.25) is 5.91 Å². The average Bonchev–Trinajstić information content (AvgIpc) is 3.01. The van der Waals surface area contributed by atoms with Gasteiger partial charge in [-0.05, 0) is 62.7 Å². The highest BCUT2D eigenvalue weighted by Gasteiger charge is 2.40. The van der Waals surface area contributed by atoms with Gasteiger partial charge in [0, 0.05) is 25.6 Å². The summed E-state index contributed by atoms with van der Waals surface area (Å²) in [6.45, 7) is 1.00. The largest absolute Gasteiger partial charge is 0.345 e. The number of carbonyl (C=O) groups is 1. The molecule has 0 aromatic carbocycles. The van der Waals surface area contributed by atoms with Crippen molar-refractivity contribution in [3.05, 3.63) is 0 Å². The molecule has 3 fully saturated rings. The number of fused-ring (bicyclic) bond motifs is 2. The molecule has 0 radical (unpaired) electrons. The van der Waals surface area contributed by atoms with Crippen LogP contribution in [0.1, 0.15) is 51.4 Å². The van der Waals surface area contributed by atoms with Crippen LogP contribution in [0.3, 0.4) is 0 Å². The summed E-state index contributed by atoms with van der Waals surface area (Å²) in [4.78, 5) is 14.5. The first-order chi connectivity index (χ1) is 9.13. The molecule has 3 rings (SSSR count). The molecule has 0 aromatic heterocycles. The van der Waals surface area contributed by atoms with Gasteiger partial charge >= 0.3 is 0 Å². The fraction of sp³-hybridized carbons (Fsp3) is 0.938. The van der Waals surface area contributed by atoms with Crippen LogP contribution in [-0.4, -0.2) is 30.4 Å². The van der Waals surface area contributed by atoms with Crippen LogP contribution in [-0.2, 0) is 4.79 Å². The maximum Gasteiger partial charge on any atom is 0.225 e. The lowest BCUT2D eigenvalue weighted by atomic mass is 9.84. The Hall–Kier alpha value is -0.570. The van der Waals surface area contributed by atoms with Crippen molar-refractivity contribution in [2.75, 3.05) is 13.6 Å². The highest BCUT2D eigenvalue weighted by Crippen LogP contribution is 2.48. The van der Waals surface area contributed by atoms with E-state index in [9.17, 15) is 4.79 Å². The van der Waals surface area contributed by atoms with Crippen molar-refractivity contribution >= 4 is 5.91 Å². The Morgan fingerprint density at radius 2 is 1.84 bits per heavy atom. The molecule has 0 heterocycles. The quantitative estimate of drug-likeness (QED) is 0.851. The van der Waals surface area contributed by atoms with Crippen LogP contribution in [0.15, 0.2) is 0 Å². The molecule has 2 bridgehead atoms. The third kappa shape index (κ3) is 2.81. The Balaban J connectivity index is 1.49. The van der Waals surface area contributed by atoms with E-state index in [1.807, 2.05) is 11.9 Å². The Labute approximate surface area is 116 Å². The van der Waals surface area contributed by atoms with Crippen molar-refractivity contribution in [3.8, 4) is 0 Å². The minimum absolute atomic E-state index is 0.253. The van der Waals surface area contributed by atoms with Gasteiger partial charge in [0.1, 0.15) is 0 Å². The average molecular weight is 264 g/mol. The lowest BCUT2D eigenvalue weighted by Gasteiger charge is -2.32. The van der Waals surface area contributed by atoms with Crippen molar-refractivity contribution in [3.63, 3.8) is 0 Å². The number of nitrogens with two attached hydrogens (primary N) is 1. The molecule has 3 aliphatic carbocycles. The van der Waals surface area contributed by atoms with Crippen LogP contribution in [0.2, 0.25) is 0 Å². The second-order valence-electron chi connectivity index (χ2n) is 7.27. The molecule has 0 aliphatic heterocycles. The lowest BCUT2D eigenvalue weighted by Crippen LogP contribution is -2.40. The smallest absolute Gasteiger partial charge is 0.225 e. The lowest BCUT2D eigenvalue weighted by molar-refractivity contribution is -0.136. The van der Waals surface area contributed by atoms with Gasteiger partial charge < -0.3 is 10.6 Å². The zero-order valence-corrected chi connectivity index (χ0v) is 12.2. The van der Waals surface area contributed by atoms with Crippen LogP contribution in [0, 0.1) is 23.7 Å². The van der Waals surface area contributed by atoms with Crippen molar-refractivity contribution in [1.29, 1.82) is 0 Å². The van der Waals surface area contributed by atoms with E-state index in [0.29, 0.717) is 11.9 Å². The minimum atomic E-state index is 0.253. The van der Waals surface area contributed by atoms with Crippen LogP contribution in [0.4, 0.5) is 0 Å².